The van der Waals surface area contributed by atoms with Crippen molar-refractivity contribution >= 4 is 21.6 Å². The topological polar surface area (TPSA) is 72.9 Å². The predicted molar refractivity (Wildman–Crippen MR) is 80.3 cm³/mol. The van der Waals surface area contributed by atoms with Crippen molar-refractivity contribution in [1.82, 2.24) is 9.78 Å². The van der Waals surface area contributed by atoms with Gasteiger partial charge in [-0.25, -0.2) is 4.68 Å². The summed E-state index contributed by atoms with van der Waals surface area (Å²) in [6.45, 7) is 3.35. The van der Waals surface area contributed by atoms with Crippen LogP contribution in [-0.4, -0.2) is 22.4 Å². The molecule has 1 aromatic rings. The van der Waals surface area contributed by atoms with E-state index in [1.165, 1.54) is 19.3 Å². The van der Waals surface area contributed by atoms with E-state index in [4.69, 9.17) is 5.73 Å². The lowest BCUT2D eigenvalue weighted by Crippen LogP contribution is -2.34. The Morgan fingerprint density at radius 3 is 2.95 bits per heavy atom. The minimum absolute atomic E-state index is 0.0551. The summed E-state index contributed by atoms with van der Waals surface area (Å²) >= 11 is 3.37. The molecule has 3 N–H and O–H groups in total. The van der Waals surface area contributed by atoms with Crippen LogP contribution >= 0.6 is 15.9 Å². The van der Waals surface area contributed by atoms with Crippen LogP contribution in [0.4, 0.5) is 5.69 Å². The van der Waals surface area contributed by atoms with E-state index in [9.17, 15) is 4.79 Å². The highest BCUT2D eigenvalue weighted by atomic mass is 79.9. The number of anilines is 1. The second kappa shape index (κ2) is 6.52. The first-order valence-corrected chi connectivity index (χ1v) is 7.66. The molecule has 0 spiro atoms. The van der Waals surface area contributed by atoms with E-state index in [1.807, 2.05) is 6.92 Å². The fourth-order valence-electron chi connectivity index (χ4n) is 2.06. The van der Waals surface area contributed by atoms with Crippen molar-refractivity contribution in [2.45, 2.75) is 45.2 Å². The van der Waals surface area contributed by atoms with Gasteiger partial charge in [0.15, 0.2) is 0 Å². The maximum Gasteiger partial charge on any atom is 0.291 e. The maximum absolute atomic E-state index is 12.3. The molecule has 0 bridgehead atoms. The Bertz CT molecular complexity index is 484. The number of halogens is 1. The molecule has 6 heteroatoms. The molecule has 106 valence electrons. The molecule has 2 rings (SSSR count). The van der Waals surface area contributed by atoms with Crippen molar-refractivity contribution in [3.63, 3.8) is 0 Å². The van der Waals surface area contributed by atoms with Crippen LogP contribution in [0.2, 0.25) is 0 Å². The summed E-state index contributed by atoms with van der Waals surface area (Å²) in [5.41, 5.74) is 6.37. The predicted octanol–water partition coefficient (Wildman–Crippen LogP) is 1.96. The van der Waals surface area contributed by atoms with Crippen molar-refractivity contribution < 1.29 is 0 Å². The standard InChI is InChI=1S/C13H21BrN4O/c1-2-10(15)6-16-12-11(14)7-17-18(13(12)19)8-9-4-3-5-9/h7,9-10,16H,2-6,8,15H2,1H3. The van der Waals surface area contributed by atoms with Crippen LogP contribution in [-0.2, 0) is 6.54 Å². The SMILES string of the molecule is CCC(N)CNc1c(Br)cnn(CC2CCC2)c1=O. The third kappa shape index (κ3) is 3.57. The van der Waals surface area contributed by atoms with Crippen LogP contribution in [0.3, 0.4) is 0 Å². The van der Waals surface area contributed by atoms with Gasteiger partial charge in [-0.1, -0.05) is 13.3 Å². The van der Waals surface area contributed by atoms with E-state index < -0.39 is 0 Å². The average Bonchev–Trinajstić information content (AvgIpc) is 2.35. The Morgan fingerprint density at radius 2 is 2.37 bits per heavy atom. The number of nitrogens with two attached hydrogens (primary N) is 1. The number of rotatable bonds is 6. The van der Waals surface area contributed by atoms with Gasteiger partial charge in [-0.3, -0.25) is 4.79 Å². The van der Waals surface area contributed by atoms with Crippen LogP contribution in [0, 0.1) is 5.92 Å². The van der Waals surface area contributed by atoms with E-state index in [-0.39, 0.29) is 11.6 Å². The van der Waals surface area contributed by atoms with Gasteiger partial charge in [-0.15, -0.1) is 0 Å². The molecule has 0 saturated heterocycles. The van der Waals surface area contributed by atoms with Crippen LogP contribution in [0.1, 0.15) is 32.6 Å². The molecule has 0 aromatic carbocycles. The van der Waals surface area contributed by atoms with Gasteiger partial charge in [-0.2, -0.15) is 5.10 Å². The molecule has 0 radical (unpaired) electrons. The van der Waals surface area contributed by atoms with Gasteiger partial charge >= 0.3 is 0 Å². The average molecular weight is 329 g/mol. The highest BCUT2D eigenvalue weighted by molar-refractivity contribution is 9.10. The zero-order valence-corrected chi connectivity index (χ0v) is 12.8. The molecule has 0 aliphatic heterocycles. The summed E-state index contributed by atoms with van der Waals surface area (Å²) in [6, 6.07) is 0.0551. The lowest BCUT2D eigenvalue weighted by atomic mass is 9.85. The summed E-state index contributed by atoms with van der Waals surface area (Å²) < 4.78 is 2.26. The quantitative estimate of drug-likeness (QED) is 0.837. The van der Waals surface area contributed by atoms with Gasteiger partial charge in [0.05, 0.1) is 10.7 Å². The third-order valence-corrected chi connectivity index (χ3v) is 4.32. The Kier molecular flexibility index (Phi) is 4.99. The first-order valence-electron chi connectivity index (χ1n) is 6.87. The Morgan fingerprint density at radius 1 is 1.63 bits per heavy atom. The minimum atomic E-state index is -0.0652. The Labute approximate surface area is 121 Å². The van der Waals surface area contributed by atoms with Crippen molar-refractivity contribution in [2.75, 3.05) is 11.9 Å². The van der Waals surface area contributed by atoms with Crippen molar-refractivity contribution in [1.29, 1.82) is 0 Å². The van der Waals surface area contributed by atoms with E-state index in [0.717, 1.165) is 13.0 Å². The molecule has 1 unspecified atom stereocenters. The number of aromatic nitrogens is 2. The van der Waals surface area contributed by atoms with E-state index >= 15 is 0 Å². The zero-order chi connectivity index (χ0) is 13.8. The van der Waals surface area contributed by atoms with Crippen molar-refractivity contribution in [3.05, 3.63) is 21.0 Å². The maximum atomic E-state index is 12.3. The summed E-state index contributed by atoms with van der Waals surface area (Å²) in [4.78, 5) is 12.3. The van der Waals surface area contributed by atoms with Crippen LogP contribution in [0.15, 0.2) is 15.5 Å². The monoisotopic (exact) mass is 328 g/mol. The fourth-order valence-corrected chi connectivity index (χ4v) is 2.46. The van der Waals surface area contributed by atoms with Crippen LogP contribution in [0.5, 0.6) is 0 Å². The number of hydrogen-bond donors (Lipinski definition) is 2. The molecular weight excluding hydrogens is 308 g/mol. The molecule has 5 nitrogen and oxygen atoms in total. The lowest BCUT2D eigenvalue weighted by Gasteiger charge is -2.25. The third-order valence-electron chi connectivity index (χ3n) is 3.72. The number of nitrogens with one attached hydrogen (secondary N) is 1. The van der Waals surface area contributed by atoms with Crippen molar-refractivity contribution in [2.24, 2.45) is 11.7 Å². The summed E-state index contributed by atoms with van der Waals surface area (Å²) in [5, 5.41) is 7.33. The van der Waals surface area contributed by atoms with Crippen LogP contribution in [0.25, 0.3) is 0 Å². The second-order valence-corrected chi connectivity index (χ2v) is 6.06. The van der Waals surface area contributed by atoms with Gasteiger partial charge in [0.1, 0.15) is 5.69 Å². The molecule has 1 aliphatic carbocycles. The molecule has 1 fully saturated rings. The van der Waals surface area contributed by atoms with Crippen molar-refractivity contribution in [3.8, 4) is 0 Å². The molecule has 1 saturated carbocycles. The molecule has 19 heavy (non-hydrogen) atoms. The highest BCUT2D eigenvalue weighted by Crippen LogP contribution is 2.27. The summed E-state index contributed by atoms with van der Waals surface area (Å²) in [6.07, 6.45) is 6.24. The fraction of sp³-hybridized carbons (Fsp3) is 0.692. The summed E-state index contributed by atoms with van der Waals surface area (Å²) in [5.74, 6) is 0.608. The van der Waals surface area contributed by atoms with Gasteiger partial charge < -0.3 is 11.1 Å². The minimum Gasteiger partial charge on any atom is -0.378 e. The molecule has 1 aromatic heterocycles. The molecule has 1 heterocycles. The molecule has 0 amide bonds. The van der Waals surface area contributed by atoms with E-state index in [2.05, 4.69) is 26.3 Å². The van der Waals surface area contributed by atoms with E-state index in [1.54, 1.807) is 10.9 Å². The Hall–Kier alpha value is -0.880. The van der Waals surface area contributed by atoms with Crippen LogP contribution < -0.4 is 16.6 Å². The normalized spacial score (nSPS) is 17.0. The Balaban J connectivity index is 2.11. The lowest BCUT2D eigenvalue weighted by molar-refractivity contribution is 0.262. The first-order chi connectivity index (χ1) is 9.11. The molecule has 1 atom stereocenters. The first kappa shape index (κ1) is 14.5. The smallest absolute Gasteiger partial charge is 0.291 e. The number of hydrogen-bond acceptors (Lipinski definition) is 4. The second-order valence-electron chi connectivity index (χ2n) is 5.20. The highest BCUT2D eigenvalue weighted by Gasteiger charge is 2.20. The molecular formula is C13H21BrN4O. The number of nitrogens with zero attached hydrogens (tertiary/aromatic N) is 2. The zero-order valence-electron chi connectivity index (χ0n) is 11.2. The molecule has 1 aliphatic rings. The van der Waals surface area contributed by atoms with E-state index in [0.29, 0.717) is 22.6 Å². The van der Waals surface area contributed by atoms with Gasteiger partial charge in [0.25, 0.3) is 5.56 Å². The van der Waals surface area contributed by atoms with Gasteiger partial charge in [-0.05, 0) is 41.1 Å². The van der Waals surface area contributed by atoms with Gasteiger partial charge in [0, 0.05) is 19.1 Å². The summed E-state index contributed by atoms with van der Waals surface area (Å²) in [7, 11) is 0. The van der Waals surface area contributed by atoms with Gasteiger partial charge in [0.2, 0.25) is 0 Å². The largest absolute Gasteiger partial charge is 0.378 e.